The fourth-order valence-corrected chi connectivity index (χ4v) is 1.87. The molecule has 2 aromatic carbocycles. The van der Waals surface area contributed by atoms with Crippen LogP contribution < -0.4 is 4.74 Å². The number of aliphatic hydroxyl groups is 1. The molecule has 0 saturated carbocycles. The molecule has 0 aromatic heterocycles. The number of benzene rings is 2. The first-order valence-corrected chi connectivity index (χ1v) is 6.85. The molecule has 0 aliphatic heterocycles. The van der Waals surface area contributed by atoms with Crippen LogP contribution in [0.5, 0.6) is 5.75 Å². The van der Waals surface area contributed by atoms with Crippen LogP contribution in [0.15, 0.2) is 60.7 Å². The summed E-state index contributed by atoms with van der Waals surface area (Å²) in [5.41, 5.74) is 0.927. The van der Waals surface area contributed by atoms with Gasteiger partial charge in [-0.15, -0.1) is 0 Å². The van der Waals surface area contributed by atoms with Crippen LogP contribution in [0.25, 0.3) is 0 Å². The molecule has 2 aromatic rings. The van der Waals surface area contributed by atoms with Crippen LogP contribution >= 0.6 is 0 Å². The van der Waals surface area contributed by atoms with Crippen LogP contribution in [0.1, 0.15) is 18.1 Å². The van der Waals surface area contributed by atoms with E-state index in [-0.39, 0.29) is 0 Å². The van der Waals surface area contributed by atoms with Crippen molar-refractivity contribution >= 4 is 0 Å². The smallest absolute Gasteiger partial charge is 0.119 e. The SMILES string of the molecule is OC(CCOCCOc1ccccc1)c1ccccc1. The molecule has 106 valence electrons. The Kier molecular flexibility index (Phi) is 6.08. The van der Waals surface area contributed by atoms with Crippen molar-refractivity contribution in [2.45, 2.75) is 12.5 Å². The quantitative estimate of drug-likeness (QED) is 0.750. The van der Waals surface area contributed by atoms with Crippen molar-refractivity contribution in [3.8, 4) is 5.75 Å². The van der Waals surface area contributed by atoms with E-state index in [2.05, 4.69) is 0 Å². The minimum absolute atomic E-state index is 0.466. The molecule has 0 aliphatic rings. The van der Waals surface area contributed by atoms with E-state index >= 15 is 0 Å². The molecule has 0 amide bonds. The van der Waals surface area contributed by atoms with Crippen LogP contribution in [-0.4, -0.2) is 24.9 Å². The molecule has 0 spiro atoms. The van der Waals surface area contributed by atoms with Gasteiger partial charge in [0.25, 0.3) is 0 Å². The fourth-order valence-electron chi connectivity index (χ4n) is 1.87. The molecular formula is C17H20O3. The Morgan fingerprint density at radius 2 is 1.45 bits per heavy atom. The van der Waals surface area contributed by atoms with Gasteiger partial charge in [-0.3, -0.25) is 0 Å². The second-order valence-electron chi connectivity index (χ2n) is 4.49. The number of hydrogen-bond acceptors (Lipinski definition) is 3. The summed E-state index contributed by atoms with van der Waals surface area (Å²) in [6, 6.07) is 19.3. The number of rotatable bonds is 8. The Hall–Kier alpha value is -1.84. The van der Waals surface area contributed by atoms with Crippen LogP contribution in [0.3, 0.4) is 0 Å². The number of aliphatic hydroxyl groups excluding tert-OH is 1. The molecule has 0 heterocycles. The summed E-state index contributed by atoms with van der Waals surface area (Å²) in [6.07, 6.45) is 0.126. The number of para-hydroxylation sites is 1. The zero-order valence-corrected chi connectivity index (χ0v) is 11.4. The molecule has 20 heavy (non-hydrogen) atoms. The van der Waals surface area contributed by atoms with Crippen LogP contribution in [-0.2, 0) is 4.74 Å². The fraction of sp³-hybridized carbons (Fsp3) is 0.294. The molecule has 0 radical (unpaired) electrons. The highest BCUT2D eigenvalue weighted by atomic mass is 16.5. The van der Waals surface area contributed by atoms with E-state index in [1.807, 2.05) is 60.7 Å². The minimum Gasteiger partial charge on any atom is -0.491 e. The van der Waals surface area contributed by atoms with Crippen molar-refractivity contribution < 1.29 is 14.6 Å². The Balaban J connectivity index is 1.56. The van der Waals surface area contributed by atoms with Gasteiger partial charge in [0.1, 0.15) is 12.4 Å². The highest BCUT2D eigenvalue weighted by Crippen LogP contribution is 2.15. The third kappa shape index (κ3) is 5.03. The van der Waals surface area contributed by atoms with E-state index in [1.54, 1.807) is 0 Å². The van der Waals surface area contributed by atoms with E-state index < -0.39 is 6.10 Å². The number of ether oxygens (including phenoxy) is 2. The molecule has 2 rings (SSSR count). The molecule has 1 unspecified atom stereocenters. The summed E-state index contributed by atoms with van der Waals surface area (Å²) in [5.74, 6) is 0.848. The Labute approximate surface area is 119 Å². The van der Waals surface area contributed by atoms with Gasteiger partial charge < -0.3 is 14.6 Å². The summed E-state index contributed by atoms with van der Waals surface area (Å²) in [6.45, 7) is 1.57. The van der Waals surface area contributed by atoms with Crippen molar-refractivity contribution in [2.24, 2.45) is 0 Å². The molecule has 0 fully saturated rings. The van der Waals surface area contributed by atoms with Gasteiger partial charge in [0.15, 0.2) is 0 Å². The normalized spacial score (nSPS) is 12.1. The third-order valence-corrected chi connectivity index (χ3v) is 2.96. The Bertz CT molecular complexity index is 470. The summed E-state index contributed by atoms with van der Waals surface area (Å²) >= 11 is 0. The maximum absolute atomic E-state index is 9.94. The maximum Gasteiger partial charge on any atom is 0.119 e. The van der Waals surface area contributed by atoms with Gasteiger partial charge in [-0.2, -0.15) is 0 Å². The van der Waals surface area contributed by atoms with Crippen LogP contribution in [0.2, 0.25) is 0 Å². The largest absolute Gasteiger partial charge is 0.491 e. The lowest BCUT2D eigenvalue weighted by molar-refractivity contribution is 0.0649. The van der Waals surface area contributed by atoms with Crippen molar-refractivity contribution in [1.82, 2.24) is 0 Å². The summed E-state index contributed by atoms with van der Waals surface area (Å²) in [4.78, 5) is 0. The first-order valence-electron chi connectivity index (χ1n) is 6.85. The lowest BCUT2D eigenvalue weighted by atomic mass is 10.1. The van der Waals surface area contributed by atoms with E-state index in [0.29, 0.717) is 26.2 Å². The zero-order valence-electron chi connectivity index (χ0n) is 11.4. The predicted octanol–water partition coefficient (Wildman–Crippen LogP) is 3.21. The molecule has 1 N–H and O–H groups in total. The van der Waals surface area contributed by atoms with Gasteiger partial charge >= 0.3 is 0 Å². The molecule has 3 nitrogen and oxygen atoms in total. The molecule has 0 saturated heterocycles. The molecular weight excluding hydrogens is 252 g/mol. The van der Waals surface area contributed by atoms with E-state index in [9.17, 15) is 5.11 Å². The summed E-state index contributed by atoms with van der Waals surface area (Å²) in [5, 5.41) is 9.94. The lowest BCUT2D eigenvalue weighted by Crippen LogP contribution is -2.09. The van der Waals surface area contributed by atoms with Gasteiger partial charge in [-0.05, 0) is 17.7 Å². The Morgan fingerprint density at radius 3 is 2.15 bits per heavy atom. The molecule has 3 heteroatoms. The average Bonchev–Trinajstić information content (AvgIpc) is 2.52. The van der Waals surface area contributed by atoms with Gasteiger partial charge in [-0.25, -0.2) is 0 Å². The summed E-state index contributed by atoms with van der Waals surface area (Å²) < 4.78 is 11.0. The monoisotopic (exact) mass is 272 g/mol. The van der Waals surface area contributed by atoms with E-state index in [4.69, 9.17) is 9.47 Å². The highest BCUT2D eigenvalue weighted by molar-refractivity contribution is 5.20. The Morgan fingerprint density at radius 1 is 0.800 bits per heavy atom. The predicted molar refractivity (Wildman–Crippen MR) is 78.8 cm³/mol. The second-order valence-corrected chi connectivity index (χ2v) is 4.49. The van der Waals surface area contributed by atoms with Gasteiger partial charge in [0.05, 0.1) is 12.7 Å². The first-order chi connectivity index (χ1) is 9.86. The van der Waals surface area contributed by atoms with Gasteiger partial charge in [-0.1, -0.05) is 48.5 Å². The van der Waals surface area contributed by atoms with Crippen LogP contribution in [0.4, 0.5) is 0 Å². The van der Waals surface area contributed by atoms with Gasteiger partial charge in [0, 0.05) is 13.0 Å². The minimum atomic E-state index is -0.466. The standard InChI is InChI=1S/C17H20O3/c18-17(15-7-3-1-4-8-15)11-12-19-13-14-20-16-9-5-2-6-10-16/h1-10,17-18H,11-14H2. The maximum atomic E-state index is 9.94. The van der Waals surface area contributed by atoms with Crippen molar-refractivity contribution in [1.29, 1.82) is 0 Å². The number of hydrogen-bond donors (Lipinski definition) is 1. The summed E-state index contributed by atoms with van der Waals surface area (Å²) in [7, 11) is 0. The first kappa shape index (κ1) is 14.6. The average molecular weight is 272 g/mol. The van der Waals surface area contributed by atoms with Gasteiger partial charge in [0.2, 0.25) is 0 Å². The molecule has 0 bridgehead atoms. The van der Waals surface area contributed by atoms with E-state index in [0.717, 1.165) is 11.3 Å². The second kappa shape index (κ2) is 8.35. The van der Waals surface area contributed by atoms with Crippen LogP contribution in [0, 0.1) is 0 Å². The van der Waals surface area contributed by atoms with Crippen molar-refractivity contribution in [3.63, 3.8) is 0 Å². The highest BCUT2D eigenvalue weighted by Gasteiger charge is 2.06. The van der Waals surface area contributed by atoms with E-state index in [1.165, 1.54) is 0 Å². The molecule has 0 aliphatic carbocycles. The topological polar surface area (TPSA) is 38.7 Å². The van der Waals surface area contributed by atoms with Crippen molar-refractivity contribution in [2.75, 3.05) is 19.8 Å². The third-order valence-electron chi connectivity index (χ3n) is 2.96. The zero-order chi connectivity index (χ0) is 14.0. The lowest BCUT2D eigenvalue weighted by Gasteiger charge is -2.11. The van der Waals surface area contributed by atoms with Crippen molar-refractivity contribution in [3.05, 3.63) is 66.2 Å². The molecule has 1 atom stereocenters.